The zero-order chi connectivity index (χ0) is 13.9. The van der Waals surface area contributed by atoms with Gasteiger partial charge in [0.2, 0.25) is 0 Å². The Bertz CT molecular complexity index is 591. The Balaban J connectivity index is 1.81. The summed E-state index contributed by atoms with van der Waals surface area (Å²) in [5.41, 5.74) is 3.42. The lowest BCUT2D eigenvalue weighted by molar-refractivity contribution is 0.144. The van der Waals surface area contributed by atoms with Gasteiger partial charge in [-0.05, 0) is 48.4 Å². The van der Waals surface area contributed by atoms with Gasteiger partial charge in [0.05, 0.1) is 12.7 Å². The highest BCUT2D eigenvalue weighted by atomic mass is 16.5. The lowest BCUT2D eigenvalue weighted by Gasteiger charge is -2.28. The molecule has 0 spiro atoms. The summed E-state index contributed by atoms with van der Waals surface area (Å²) in [6.07, 6.45) is 1.32. The molecule has 0 amide bonds. The normalized spacial score (nSPS) is 19.0. The van der Waals surface area contributed by atoms with Crippen molar-refractivity contribution >= 4 is 0 Å². The average Bonchev–Trinajstić information content (AvgIpc) is 2.48. The number of para-hydroxylation sites is 1. The third kappa shape index (κ3) is 2.56. The fraction of sp³-hybridized carbons (Fsp3) is 0.333. The van der Waals surface area contributed by atoms with E-state index in [1.165, 1.54) is 5.56 Å². The summed E-state index contributed by atoms with van der Waals surface area (Å²) in [6, 6.07) is 16.2. The summed E-state index contributed by atoms with van der Waals surface area (Å²) in [5.74, 6) is 1.34. The van der Waals surface area contributed by atoms with Crippen molar-refractivity contribution in [3.63, 3.8) is 0 Å². The Kier molecular flexibility index (Phi) is 3.75. The number of rotatable bonds is 3. The molecule has 2 unspecified atom stereocenters. The number of ether oxygens (including phenoxy) is 1. The second kappa shape index (κ2) is 5.68. The van der Waals surface area contributed by atoms with Gasteiger partial charge in [0.25, 0.3) is 0 Å². The summed E-state index contributed by atoms with van der Waals surface area (Å²) >= 11 is 0. The van der Waals surface area contributed by atoms with Crippen LogP contribution >= 0.6 is 0 Å². The first-order chi connectivity index (χ1) is 9.75. The van der Waals surface area contributed by atoms with Gasteiger partial charge in [-0.3, -0.25) is 0 Å². The Hall–Kier alpha value is -1.80. The molecule has 0 fully saturated rings. The van der Waals surface area contributed by atoms with E-state index in [2.05, 4.69) is 19.1 Å². The molecule has 0 radical (unpaired) electrons. The number of hydrogen-bond donors (Lipinski definition) is 1. The molecular formula is C18H20O2. The number of aliphatic hydroxyl groups excluding tert-OH is 1. The smallest absolute Gasteiger partial charge is 0.122 e. The van der Waals surface area contributed by atoms with Crippen LogP contribution in [0.5, 0.6) is 5.75 Å². The largest absolute Gasteiger partial charge is 0.493 e. The molecule has 2 heteroatoms. The standard InChI is InChI=1S/C18H20O2/c1-13-6-2-3-7-15(13)17(19)12-14-10-11-20-18-9-5-4-8-16(14)18/h2-9,14,17,19H,10-12H2,1H3. The van der Waals surface area contributed by atoms with Gasteiger partial charge in [0, 0.05) is 0 Å². The monoisotopic (exact) mass is 268 g/mol. The summed E-state index contributed by atoms with van der Waals surface area (Å²) in [7, 11) is 0. The van der Waals surface area contributed by atoms with Crippen LogP contribution in [0.3, 0.4) is 0 Å². The molecule has 0 saturated carbocycles. The fourth-order valence-corrected chi connectivity index (χ4v) is 3.02. The topological polar surface area (TPSA) is 29.5 Å². The average molecular weight is 268 g/mol. The molecule has 1 aliphatic rings. The van der Waals surface area contributed by atoms with E-state index in [0.717, 1.165) is 36.3 Å². The molecule has 0 bridgehead atoms. The first kappa shape index (κ1) is 13.2. The molecule has 1 N–H and O–H groups in total. The first-order valence-electron chi connectivity index (χ1n) is 7.21. The first-order valence-corrected chi connectivity index (χ1v) is 7.21. The fourth-order valence-electron chi connectivity index (χ4n) is 3.02. The van der Waals surface area contributed by atoms with Gasteiger partial charge in [-0.2, -0.15) is 0 Å². The van der Waals surface area contributed by atoms with Crippen molar-refractivity contribution in [3.8, 4) is 5.75 Å². The maximum absolute atomic E-state index is 10.5. The van der Waals surface area contributed by atoms with Crippen molar-refractivity contribution in [1.82, 2.24) is 0 Å². The third-order valence-corrected chi connectivity index (χ3v) is 4.14. The van der Waals surface area contributed by atoms with Crippen LogP contribution < -0.4 is 4.74 Å². The summed E-state index contributed by atoms with van der Waals surface area (Å²) in [4.78, 5) is 0. The lowest BCUT2D eigenvalue weighted by atomic mass is 9.86. The Morgan fingerprint density at radius 1 is 1.15 bits per heavy atom. The molecule has 20 heavy (non-hydrogen) atoms. The van der Waals surface area contributed by atoms with E-state index in [1.807, 2.05) is 36.4 Å². The summed E-state index contributed by atoms with van der Waals surface area (Å²) in [5, 5.41) is 10.5. The van der Waals surface area contributed by atoms with Crippen molar-refractivity contribution in [2.45, 2.75) is 31.8 Å². The molecular weight excluding hydrogens is 248 g/mol. The molecule has 2 aromatic rings. The predicted molar refractivity (Wildman–Crippen MR) is 80.1 cm³/mol. The molecule has 2 atom stereocenters. The van der Waals surface area contributed by atoms with Gasteiger partial charge in [-0.15, -0.1) is 0 Å². The number of benzene rings is 2. The summed E-state index contributed by atoms with van der Waals surface area (Å²) in [6.45, 7) is 2.79. The minimum Gasteiger partial charge on any atom is -0.493 e. The number of aryl methyl sites for hydroxylation is 1. The van der Waals surface area contributed by atoms with E-state index in [4.69, 9.17) is 4.74 Å². The van der Waals surface area contributed by atoms with Gasteiger partial charge in [0.15, 0.2) is 0 Å². The van der Waals surface area contributed by atoms with Crippen LogP contribution in [0.2, 0.25) is 0 Å². The third-order valence-electron chi connectivity index (χ3n) is 4.14. The van der Waals surface area contributed by atoms with E-state index in [0.29, 0.717) is 5.92 Å². The molecule has 0 aliphatic carbocycles. The molecule has 0 saturated heterocycles. The number of aliphatic hydroxyl groups is 1. The van der Waals surface area contributed by atoms with Crippen molar-refractivity contribution < 1.29 is 9.84 Å². The lowest BCUT2D eigenvalue weighted by Crippen LogP contribution is -2.16. The molecule has 0 aromatic heterocycles. The highest BCUT2D eigenvalue weighted by molar-refractivity contribution is 5.38. The molecule has 3 rings (SSSR count). The number of fused-ring (bicyclic) bond motifs is 1. The van der Waals surface area contributed by atoms with Crippen LogP contribution in [0, 0.1) is 6.92 Å². The Morgan fingerprint density at radius 3 is 2.75 bits per heavy atom. The van der Waals surface area contributed by atoms with Crippen LogP contribution in [0.15, 0.2) is 48.5 Å². The Labute approximate surface area is 120 Å². The van der Waals surface area contributed by atoms with Crippen molar-refractivity contribution in [2.24, 2.45) is 0 Å². The van der Waals surface area contributed by atoms with E-state index in [9.17, 15) is 5.11 Å². The van der Waals surface area contributed by atoms with E-state index >= 15 is 0 Å². The van der Waals surface area contributed by atoms with Crippen molar-refractivity contribution in [2.75, 3.05) is 6.61 Å². The van der Waals surface area contributed by atoms with E-state index in [1.54, 1.807) is 0 Å². The molecule has 104 valence electrons. The molecule has 1 aliphatic heterocycles. The van der Waals surface area contributed by atoms with Crippen LogP contribution in [0.1, 0.15) is 41.6 Å². The van der Waals surface area contributed by atoms with E-state index < -0.39 is 6.10 Å². The van der Waals surface area contributed by atoms with Crippen LogP contribution in [-0.4, -0.2) is 11.7 Å². The van der Waals surface area contributed by atoms with Gasteiger partial charge in [-0.1, -0.05) is 42.5 Å². The van der Waals surface area contributed by atoms with Crippen LogP contribution in [0.25, 0.3) is 0 Å². The van der Waals surface area contributed by atoms with Gasteiger partial charge >= 0.3 is 0 Å². The van der Waals surface area contributed by atoms with Crippen molar-refractivity contribution in [1.29, 1.82) is 0 Å². The van der Waals surface area contributed by atoms with Crippen LogP contribution in [0.4, 0.5) is 0 Å². The highest BCUT2D eigenvalue weighted by Gasteiger charge is 2.24. The van der Waals surface area contributed by atoms with Gasteiger partial charge in [-0.25, -0.2) is 0 Å². The maximum Gasteiger partial charge on any atom is 0.122 e. The summed E-state index contributed by atoms with van der Waals surface area (Å²) < 4.78 is 5.68. The second-order valence-corrected chi connectivity index (χ2v) is 5.48. The zero-order valence-electron chi connectivity index (χ0n) is 11.8. The minimum absolute atomic E-state index is 0.370. The van der Waals surface area contributed by atoms with Gasteiger partial charge < -0.3 is 9.84 Å². The molecule has 2 nitrogen and oxygen atoms in total. The predicted octanol–water partition coefficient (Wildman–Crippen LogP) is 3.98. The maximum atomic E-state index is 10.5. The van der Waals surface area contributed by atoms with Gasteiger partial charge in [0.1, 0.15) is 5.75 Å². The minimum atomic E-state index is -0.410. The zero-order valence-corrected chi connectivity index (χ0v) is 11.8. The van der Waals surface area contributed by atoms with Crippen molar-refractivity contribution in [3.05, 3.63) is 65.2 Å². The Morgan fingerprint density at radius 2 is 1.90 bits per heavy atom. The highest BCUT2D eigenvalue weighted by Crippen LogP contribution is 2.39. The number of hydrogen-bond acceptors (Lipinski definition) is 2. The quantitative estimate of drug-likeness (QED) is 0.912. The molecule has 1 heterocycles. The SMILES string of the molecule is Cc1ccccc1C(O)CC1CCOc2ccccc21. The second-order valence-electron chi connectivity index (χ2n) is 5.48. The van der Waals surface area contributed by atoms with E-state index in [-0.39, 0.29) is 0 Å². The molecule has 2 aromatic carbocycles. The van der Waals surface area contributed by atoms with Crippen LogP contribution in [-0.2, 0) is 0 Å².